The van der Waals surface area contributed by atoms with E-state index in [-0.39, 0.29) is 0 Å². The molecule has 0 spiro atoms. The van der Waals surface area contributed by atoms with Gasteiger partial charge in [0.05, 0.1) is 0 Å². The molecule has 0 saturated carbocycles. The molecular weight excluding hydrogens is 320 g/mol. The molecule has 0 amide bonds. The van der Waals surface area contributed by atoms with Crippen molar-refractivity contribution in [2.45, 2.75) is 52.2 Å². The average Bonchev–Trinajstić information content (AvgIpc) is 2.70. The fraction of sp³-hybridized carbons (Fsp3) is 0.733. The van der Waals surface area contributed by atoms with Crippen LogP contribution in [0.1, 0.15) is 38.5 Å². The third-order valence-corrected chi connectivity index (χ3v) is 6.30. The largest absolute Gasteiger partial charge is 0.312 e. The van der Waals surface area contributed by atoms with Crippen molar-refractivity contribution < 1.29 is 0 Å². The molecule has 1 aliphatic rings. The van der Waals surface area contributed by atoms with E-state index in [1.165, 1.54) is 28.7 Å². The number of halogens is 1. The van der Waals surface area contributed by atoms with Crippen LogP contribution in [0.2, 0.25) is 0 Å². The molecule has 1 N–H and O–H groups in total. The number of hydrogen-bond donors (Lipinski definition) is 1. The maximum atomic E-state index is 3.74. The summed E-state index contributed by atoms with van der Waals surface area (Å²) in [6.45, 7) is 10.4. The first-order chi connectivity index (χ1) is 9.11. The fourth-order valence-corrected chi connectivity index (χ4v) is 4.17. The number of nitrogens with zero attached hydrogens (tertiary/aromatic N) is 1. The molecule has 4 heteroatoms. The molecule has 3 unspecified atom stereocenters. The van der Waals surface area contributed by atoms with Gasteiger partial charge in [-0.2, -0.15) is 0 Å². The fourth-order valence-electron chi connectivity index (χ4n) is 2.67. The van der Waals surface area contributed by atoms with Gasteiger partial charge in [0.15, 0.2) is 0 Å². The molecule has 0 aromatic carbocycles. The summed E-state index contributed by atoms with van der Waals surface area (Å²) in [5.74, 6) is 0.750. The zero-order valence-corrected chi connectivity index (χ0v) is 14.6. The first-order valence-electron chi connectivity index (χ1n) is 7.31. The third-order valence-electron chi connectivity index (χ3n) is 4.39. The van der Waals surface area contributed by atoms with Gasteiger partial charge in [-0.3, -0.25) is 4.90 Å². The van der Waals surface area contributed by atoms with Gasteiger partial charge in [-0.05, 0) is 53.2 Å². The maximum absolute atomic E-state index is 3.74. The Balaban J connectivity index is 2.05. The summed E-state index contributed by atoms with van der Waals surface area (Å²) < 4.78 is 1.27. The van der Waals surface area contributed by atoms with Crippen molar-refractivity contribution in [3.05, 3.63) is 20.8 Å². The normalized spacial score (nSPS) is 27.2. The number of nitrogens with one attached hydrogen (secondary N) is 1. The monoisotopic (exact) mass is 344 g/mol. The second-order valence-electron chi connectivity index (χ2n) is 5.71. The average molecular weight is 345 g/mol. The molecule has 2 heterocycles. The van der Waals surface area contributed by atoms with Gasteiger partial charge in [0.2, 0.25) is 0 Å². The Hall–Kier alpha value is 0.1000. The topological polar surface area (TPSA) is 15.3 Å². The highest BCUT2D eigenvalue weighted by Gasteiger charge is 2.26. The molecule has 0 radical (unpaired) electrons. The van der Waals surface area contributed by atoms with Crippen molar-refractivity contribution in [1.82, 2.24) is 10.2 Å². The van der Waals surface area contributed by atoms with Crippen molar-refractivity contribution in [3.8, 4) is 0 Å². The molecular formula is C15H25BrN2S. The molecule has 3 atom stereocenters. The van der Waals surface area contributed by atoms with Gasteiger partial charge in [-0.25, -0.2) is 0 Å². The van der Waals surface area contributed by atoms with Crippen LogP contribution in [0.25, 0.3) is 0 Å². The van der Waals surface area contributed by atoms with Crippen LogP contribution in [0.5, 0.6) is 0 Å². The van der Waals surface area contributed by atoms with E-state index in [0.29, 0.717) is 12.1 Å². The van der Waals surface area contributed by atoms with Gasteiger partial charge >= 0.3 is 0 Å². The highest BCUT2D eigenvalue weighted by Crippen LogP contribution is 2.26. The Morgan fingerprint density at radius 3 is 3.00 bits per heavy atom. The number of hydrogen-bond acceptors (Lipinski definition) is 3. The molecule has 1 saturated heterocycles. The maximum Gasteiger partial charge on any atom is 0.0342 e. The predicted molar refractivity (Wildman–Crippen MR) is 87.8 cm³/mol. The van der Waals surface area contributed by atoms with Crippen LogP contribution < -0.4 is 5.32 Å². The predicted octanol–water partition coefficient (Wildman–Crippen LogP) is 4.11. The standard InChI is InChI=1S/C15H25BrN2S/c1-4-11(2)14-9-18(12(3)5-7-17-14)10-15-13(16)6-8-19-15/h6,8,11-12,14,17H,4-5,7,9-10H2,1-3H3. The molecule has 0 bridgehead atoms. The van der Waals surface area contributed by atoms with Crippen LogP contribution >= 0.6 is 27.3 Å². The van der Waals surface area contributed by atoms with E-state index in [1.807, 2.05) is 11.3 Å². The second-order valence-corrected chi connectivity index (χ2v) is 7.56. The summed E-state index contributed by atoms with van der Waals surface area (Å²) in [6, 6.07) is 3.46. The van der Waals surface area contributed by atoms with Gasteiger partial charge in [0.1, 0.15) is 0 Å². The van der Waals surface area contributed by atoms with Crippen LogP contribution in [0.3, 0.4) is 0 Å². The minimum Gasteiger partial charge on any atom is -0.312 e. The Morgan fingerprint density at radius 2 is 2.37 bits per heavy atom. The van der Waals surface area contributed by atoms with Crippen molar-refractivity contribution >= 4 is 27.3 Å². The summed E-state index contributed by atoms with van der Waals surface area (Å²) >= 11 is 5.52. The van der Waals surface area contributed by atoms with E-state index in [4.69, 9.17) is 0 Å². The van der Waals surface area contributed by atoms with Gasteiger partial charge < -0.3 is 5.32 Å². The number of rotatable bonds is 4. The Labute approximate surface area is 129 Å². The summed E-state index contributed by atoms with van der Waals surface area (Å²) in [5.41, 5.74) is 0. The van der Waals surface area contributed by atoms with Gasteiger partial charge in [-0.15, -0.1) is 11.3 Å². The summed E-state index contributed by atoms with van der Waals surface area (Å²) in [6.07, 6.45) is 2.50. The van der Waals surface area contributed by atoms with Crippen LogP contribution in [-0.2, 0) is 6.54 Å². The zero-order chi connectivity index (χ0) is 13.8. The van der Waals surface area contributed by atoms with Gasteiger partial charge in [0.25, 0.3) is 0 Å². The Kier molecular flexibility index (Phi) is 5.87. The third kappa shape index (κ3) is 4.03. The quantitative estimate of drug-likeness (QED) is 0.884. The first kappa shape index (κ1) is 15.5. The van der Waals surface area contributed by atoms with Gasteiger partial charge in [0, 0.05) is 34.5 Å². The van der Waals surface area contributed by atoms with Crippen molar-refractivity contribution in [3.63, 3.8) is 0 Å². The highest BCUT2D eigenvalue weighted by atomic mass is 79.9. The van der Waals surface area contributed by atoms with E-state index < -0.39 is 0 Å². The van der Waals surface area contributed by atoms with Crippen LogP contribution in [0.15, 0.2) is 15.9 Å². The minimum absolute atomic E-state index is 0.633. The molecule has 2 nitrogen and oxygen atoms in total. The summed E-state index contributed by atoms with van der Waals surface area (Å²) in [5, 5.41) is 5.91. The molecule has 1 aliphatic heterocycles. The van der Waals surface area contributed by atoms with Gasteiger partial charge in [-0.1, -0.05) is 20.3 Å². The molecule has 19 heavy (non-hydrogen) atoms. The molecule has 108 valence electrons. The molecule has 1 aromatic heterocycles. The molecule has 1 aromatic rings. The van der Waals surface area contributed by atoms with Crippen molar-refractivity contribution in [1.29, 1.82) is 0 Å². The van der Waals surface area contributed by atoms with Crippen molar-refractivity contribution in [2.24, 2.45) is 5.92 Å². The molecule has 0 aliphatic carbocycles. The smallest absolute Gasteiger partial charge is 0.0342 e. The van der Waals surface area contributed by atoms with E-state index in [9.17, 15) is 0 Å². The first-order valence-corrected chi connectivity index (χ1v) is 8.98. The summed E-state index contributed by atoms with van der Waals surface area (Å²) in [7, 11) is 0. The zero-order valence-electron chi connectivity index (χ0n) is 12.2. The van der Waals surface area contributed by atoms with E-state index in [1.54, 1.807) is 0 Å². The van der Waals surface area contributed by atoms with Crippen LogP contribution in [0, 0.1) is 5.92 Å². The lowest BCUT2D eigenvalue weighted by molar-refractivity contribution is 0.181. The SMILES string of the molecule is CCC(C)C1CN(Cc2sccc2Br)C(C)CCN1. The lowest BCUT2D eigenvalue weighted by Crippen LogP contribution is -2.43. The lowest BCUT2D eigenvalue weighted by Gasteiger charge is -2.31. The lowest BCUT2D eigenvalue weighted by atomic mass is 9.99. The van der Waals surface area contributed by atoms with E-state index in [2.05, 4.69) is 58.4 Å². The highest BCUT2D eigenvalue weighted by molar-refractivity contribution is 9.10. The summed E-state index contributed by atoms with van der Waals surface area (Å²) in [4.78, 5) is 4.10. The van der Waals surface area contributed by atoms with E-state index in [0.717, 1.165) is 19.0 Å². The van der Waals surface area contributed by atoms with E-state index >= 15 is 0 Å². The molecule has 2 rings (SSSR count). The van der Waals surface area contributed by atoms with Crippen molar-refractivity contribution in [2.75, 3.05) is 13.1 Å². The van der Waals surface area contributed by atoms with Crippen LogP contribution in [0.4, 0.5) is 0 Å². The Bertz CT molecular complexity index is 393. The Morgan fingerprint density at radius 1 is 1.58 bits per heavy atom. The number of thiophene rings is 1. The van der Waals surface area contributed by atoms with Crippen LogP contribution in [-0.4, -0.2) is 30.1 Å². The minimum atomic E-state index is 0.633. The second kappa shape index (κ2) is 7.21. The molecule has 1 fully saturated rings.